The average Bonchev–Trinajstić information content (AvgIpc) is 3.53. The third-order valence-corrected chi connectivity index (χ3v) is 7.13. The number of hydrogen-bond donors (Lipinski definition) is 0. The van der Waals surface area contributed by atoms with Gasteiger partial charge < -0.3 is 19.2 Å². The Bertz CT molecular complexity index is 1260. The zero-order valence-electron chi connectivity index (χ0n) is 21.3. The van der Waals surface area contributed by atoms with Crippen molar-refractivity contribution in [1.82, 2.24) is 20.0 Å². The molecule has 1 atom stereocenters. The van der Waals surface area contributed by atoms with Gasteiger partial charge in [-0.05, 0) is 49.2 Å². The Morgan fingerprint density at radius 2 is 1.83 bits per heavy atom. The Hall–Kier alpha value is -3.75. The van der Waals surface area contributed by atoms with Gasteiger partial charge in [-0.2, -0.15) is 4.98 Å². The molecule has 0 saturated carbocycles. The van der Waals surface area contributed by atoms with Gasteiger partial charge in [0.1, 0.15) is 5.82 Å². The summed E-state index contributed by atoms with van der Waals surface area (Å²) >= 11 is 0. The summed E-state index contributed by atoms with van der Waals surface area (Å²) in [5.74, 6) is 1.96. The lowest BCUT2D eigenvalue weighted by atomic mass is 10.1. The summed E-state index contributed by atoms with van der Waals surface area (Å²) in [5.41, 5.74) is 4.02. The van der Waals surface area contributed by atoms with Gasteiger partial charge in [0, 0.05) is 62.5 Å². The lowest BCUT2D eigenvalue weighted by Gasteiger charge is -2.36. The smallest absolute Gasteiger partial charge is 0.229 e. The Labute approximate surface area is 211 Å². The van der Waals surface area contributed by atoms with Crippen LogP contribution in [0.1, 0.15) is 43.2 Å². The van der Waals surface area contributed by atoms with Crippen molar-refractivity contribution >= 4 is 23.3 Å². The van der Waals surface area contributed by atoms with Crippen molar-refractivity contribution in [3.05, 3.63) is 53.5 Å². The third-order valence-electron chi connectivity index (χ3n) is 7.13. The lowest BCUT2D eigenvalue weighted by molar-refractivity contribution is -0.136. The molecule has 9 heteroatoms. The number of piperazine rings is 1. The van der Waals surface area contributed by atoms with Crippen LogP contribution in [0.2, 0.25) is 0 Å². The van der Waals surface area contributed by atoms with Gasteiger partial charge in [0.2, 0.25) is 23.5 Å². The highest BCUT2D eigenvalue weighted by Gasteiger charge is 2.38. The summed E-state index contributed by atoms with van der Waals surface area (Å²) in [6.07, 6.45) is 2.02. The number of anilines is 2. The van der Waals surface area contributed by atoms with Gasteiger partial charge in [-0.1, -0.05) is 25.1 Å². The fraction of sp³-hybridized carbons (Fsp3) is 0.444. The molecule has 2 aromatic heterocycles. The van der Waals surface area contributed by atoms with Crippen LogP contribution in [0.4, 0.5) is 11.5 Å². The van der Waals surface area contributed by atoms with Crippen LogP contribution in [-0.4, -0.2) is 64.6 Å². The Morgan fingerprint density at radius 3 is 2.47 bits per heavy atom. The first-order chi connectivity index (χ1) is 17.3. The van der Waals surface area contributed by atoms with E-state index in [2.05, 4.69) is 26.9 Å². The second-order valence-electron chi connectivity index (χ2n) is 10.0. The van der Waals surface area contributed by atoms with E-state index in [1.165, 1.54) is 5.56 Å². The highest BCUT2D eigenvalue weighted by atomic mass is 16.5. The number of nitrogens with zero attached hydrogens (tertiary/aromatic N) is 6. The number of carbonyl (C=O) groups is 2. The van der Waals surface area contributed by atoms with Gasteiger partial charge in [-0.15, -0.1) is 0 Å². The molecule has 0 aliphatic carbocycles. The van der Waals surface area contributed by atoms with Gasteiger partial charge in [-0.25, -0.2) is 4.98 Å². The van der Waals surface area contributed by atoms with Gasteiger partial charge in [0.15, 0.2) is 0 Å². The molecule has 0 bridgehead atoms. The van der Waals surface area contributed by atoms with Crippen molar-refractivity contribution in [3.8, 4) is 11.4 Å². The number of carbonyl (C=O) groups excluding carboxylic acids is 2. The number of amides is 2. The zero-order chi connectivity index (χ0) is 25.4. The Kier molecular flexibility index (Phi) is 6.47. The topological polar surface area (TPSA) is 95.7 Å². The molecular formula is C27H32N6O3. The molecule has 4 heterocycles. The molecule has 1 unspecified atom stereocenters. The number of aryl methyl sites for hydroxylation is 2. The molecule has 2 amide bonds. The summed E-state index contributed by atoms with van der Waals surface area (Å²) < 4.78 is 5.29. The predicted molar refractivity (Wildman–Crippen MR) is 137 cm³/mol. The van der Waals surface area contributed by atoms with Crippen molar-refractivity contribution in [1.29, 1.82) is 0 Å². The van der Waals surface area contributed by atoms with Gasteiger partial charge in [-0.3, -0.25) is 9.59 Å². The monoisotopic (exact) mass is 488 g/mol. The minimum absolute atomic E-state index is 0.0154. The molecule has 1 aromatic carbocycles. The van der Waals surface area contributed by atoms with E-state index in [-0.39, 0.29) is 30.1 Å². The summed E-state index contributed by atoms with van der Waals surface area (Å²) in [6, 6.07) is 9.92. The quantitative estimate of drug-likeness (QED) is 0.542. The predicted octanol–water partition coefficient (Wildman–Crippen LogP) is 3.57. The molecule has 5 rings (SSSR count). The summed E-state index contributed by atoms with van der Waals surface area (Å²) in [5, 5.41) is 4.04. The Balaban J connectivity index is 1.17. The summed E-state index contributed by atoms with van der Waals surface area (Å²) in [6.45, 7) is 11.2. The maximum absolute atomic E-state index is 13.2. The van der Waals surface area contributed by atoms with E-state index in [9.17, 15) is 9.59 Å². The Morgan fingerprint density at radius 1 is 1.06 bits per heavy atom. The second kappa shape index (κ2) is 9.72. The van der Waals surface area contributed by atoms with E-state index in [4.69, 9.17) is 4.52 Å². The molecule has 0 N–H and O–H groups in total. The highest BCUT2D eigenvalue weighted by Crippen LogP contribution is 2.28. The van der Waals surface area contributed by atoms with E-state index in [1.807, 2.05) is 56.0 Å². The van der Waals surface area contributed by atoms with Crippen LogP contribution in [0.25, 0.3) is 11.4 Å². The molecule has 0 radical (unpaired) electrons. The lowest BCUT2D eigenvalue weighted by Crippen LogP contribution is -2.51. The molecular weight excluding hydrogens is 456 g/mol. The third kappa shape index (κ3) is 4.69. The standard InChI is InChI=1S/C27H32N6O3/c1-17(2)26-29-25(30-36-26)20-6-8-23(28-15-20)31-9-11-32(12-10-31)27(35)21-14-24(34)33(16-21)22-7-5-18(3)19(4)13-22/h5-8,13,15,17,21H,9-12,14,16H2,1-4H3. The normalized spacial score (nSPS) is 18.4. The van der Waals surface area contributed by atoms with Crippen molar-refractivity contribution in [2.75, 3.05) is 42.5 Å². The van der Waals surface area contributed by atoms with Gasteiger partial charge >= 0.3 is 0 Å². The van der Waals surface area contributed by atoms with Gasteiger partial charge in [0.25, 0.3) is 0 Å². The zero-order valence-corrected chi connectivity index (χ0v) is 21.3. The summed E-state index contributed by atoms with van der Waals surface area (Å²) in [7, 11) is 0. The molecule has 0 spiro atoms. The van der Waals surface area contributed by atoms with E-state index in [1.54, 1.807) is 11.1 Å². The second-order valence-corrected chi connectivity index (χ2v) is 10.0. The number of benzene rings is 1. The van der Waals surface area contributed by atoms with E-state index < -0.39 is 0 Å². The highest BCUT2D eigenvalue weighted by molar-refractivity contribution is 6.00. The molecule has 2 aliphatic heterocycles. The average molecular weight is 489 g/mol. The van der Waals surface area contributed by atoms with Crippen LogP contribution in [0.3, 0.4) is 0 Å². The van der Waals surface area contributed by atoms with Crippen LogP contribution >= 0.6 is 0 Å². The minimum Gasteiger partial charge on any atom is -0.353 e. The molecule has 2 saturated heterocycles. The summed E-state index contributed by atoms with van der Waals surface area (Å²) in [4.78, 5) is 40.8. The van der Waals surface area contributed by atoms with Crippen molar-refractivity contribution in [2.45, 2.75) is 40.0 Å². The fourth-order valence-corrected chi connectivity index (χ4v) is 4.72. The first-order valence-electron chi connectivity index (χ1n) is 12.5. The number of rotatable bonds is 5. The molecule has 188 valence electrons. The van der Waals surface area contributed by atoms with Crippen LogP contribution in [0, 0.1) is 19.8 Å². The molecule has 3 aromatic rings. The van der Waals surface area contributed by atoms with Crippen LogP contribution < -0.4 is 9.80 Å². The minimum atomic E-state index is -0.297. The largest absolute Gasteiger partial charge is 0.353 e. The van der Waals surface area contributed by atoms with E-state index >= 15 is 0 Å². The van der Waals surface area contributed by atoms with Crippen LogP contribution in [-0.2, 0) is 9.59 Å². The van der Waals surface area contributed by atoms with E-state index in [0.29, 0.717) is 44.4 Å². The number of hydrogen-bond acceptors (Lipinski definition) is 7. The van der Waals surface area contributed by atoms with Gasteiger partial charge in [0.05, 0.1) is 5.92 Å². The first-order valence-corrected chi connectivity index (χ1v) is 12.5. The van der Waals surface area contributed by atoms with Crippen molar-refractivity contribution < 1.29 is 14.1 Å². The molecule has 2 fully saturated rings. The fourth-order valence-electron chi connectivity index (χ4n) is 4.72. The number of aromatic nitrogens is 3. The van der Waals surface area contributed by atoms with Crippen molar-refractivity contribution in [2.24, 2.45) is 5.92 Å². The maximum atomic E-state index is 13.2. The molecule has 2 aliphatic rings. The number of pyridine rings is 1. The maximum Gasteiger partial charge on any atom is 0.229 e. The van der Waals surface area contributed by atoms with Crippen molar-refractivity contribution in [3.63, 3.8) is 0 Å². The first kappa shape index (κ1) is 24.0. The van der Waals surface area contributed by atoms with Crippen LogP contribution in [0.15, 0.2) is 41.1 Å². The van der Waals surface area contributed by atoms with Crippen LogP contribution in [0.5, 0.6) is 0 Å². The SMILES string of the molecule is Cc1ccc(N2CC(C(=O)N3CCN(c4ccc(-c5noc(C(C)C)n5)cn4)CC3)CC2=O)cc1C. The molecule has 36 heavy (non-hydrogen) atoms. The van der Waals surface area contributed by atoms with E-state index in [0.717, 1.165) is 22.6 Å². The molecule has 9 nitrogen and oxygen atoms in total.